The third kappa shape index (κ3) is 2.34. The summed E-state index contributed by atoms with van der Waals surface area (Å²) in [6, 6.07) is -0.0385. The second kappa shape index (κ2) is 3.64. The lowest BCUT2D eigenvalue weighted by Crippen LogP contribution is -2.57. The van der Waals surface area contributed by atoms with Crippen molar-refractivity contribution in [3.63, 3.8) is 0 Å². The fourth-order valence-electron chi connectivity index (χ4n) is 1.19. The Morgan fingerprint density at radius 1 is 1.38 bits per heavy atom. The minimum absolute atomic E-state index is 0.0385. The number of amides is 2. The molecular weight excluding hydrogens is 172 g/mol. The highest BCUT2D eigenvalue weighted by molar-refractivity contribution is 5.75. The number of ether oxygens (including phenoxy) is 1. The summed E-state index contributed by atoms with van der Waals surface area (Å²) in [6.45, 7) is 2.39. The number of esters is 1. The van der Waals surface area contributed by atoms with Gasteiger partial charge in [-0.15, -0.1) is 0 Å². The van der Waals surface area contributed by atoms with Crippen LogP contribution in [0.3, 0.4) is 0 Å². The molecular formula is C8H14N2O3. The summed E-state index contributed by atoms with van der Waals surface area (Å²) in [5, 5.41) is 0. The zero-order chi connectivity index (χ0) is 10.0. The van der Waals surface area contributed by atoms with E-state index < -0.39 is 0 Å². The number of carbonyl (C=O) groups excluding carboxylic acids is 2. The van der Waals surface area contributed by atoms with E-state index in [0.717, 1.165) is 0 Å². The standard InChI is InChI=1S/C8H14N2O3/c1-6(11)13-7-4-10(5-7)8(12)9(2)3/h7H,4-5H2,1-3H3. The maximum atomic E-state index is 11.3. The molecule has 1 fully saturated rings. The molecule has 0 unspecified atom stereocenters. The van der Waals surface area contributed by atoms with Crippen molar-refractivity contribution in [1.29, 1.82) is 0 Å². The molecule has 0 spiro atoms. The molecule has 0 atom stereocenters. The average molecular weight is 186 g/mol. The van der Waals surface area contributed by atoms with Crippen LogP contribution in [0.5, 0.6) is 0 Å². The van der Waals surface area contributed by atoms with Crippen LogP contribution in [0.2, 0.25) is 0 Å². The van der Waals surface area contributed by atoms with Gasteiger partial charge in [-0.2, -0.15) is 0 Å². The van der Waals surface area contributed by atoms with Gasteiger partial charge in [-0.25, -0.2) is 4.79 Å². The highest BCUT2D eigenvalue weighted by Gasteiger charge is 2.33. The van der Waals surface area contributed by atoms with E-state index in [1.807, 2.05) is 0 Å². The minimum Gasteiger partial charge on any atom is -0.459 e. The topological polar surface area (TPSA) is 49.9 Å². The lowest BCUT2D eigenvalue weighted by atomic mass is 10.2. The van der Waals surface area contributed by atoms with Crippen molar-refractivity contribution >= 4 is 12.0 Å². The van der Waals surface area contributed by atoms with Gasteiger partial charge >= 0.3 is 12.0 Å². The zero-order valence-corrected chi connectivity index (χ0v) is 8.11. The molecule has 1 saturated heterocycles. The number of carbonyl (C=O) groups is 2. The van der Waals surface area contributed by atoms with Crippen LogP contribution in [0.4, 0.5) is 4.79 Å². The minimum atomic E-state index is -0.290. The molecule has 1 heterocycles. The quantitative estimate of drug-likeness (QED) is 0.538. The largest absolute Gasteiger partial charge is 0.459 e. The van der Waals surface area contributed by atoms with Crippen LogP contribution in [0, 0.1) is 0 Å². The van der Waals surface area contributed by atoms with Gasteiger partial charge in [0.1, 0.15) is 6.10 Å². The second-order valence-corrected chi connectivity index (χ2v) is 3.31. The molecule has 74 valence electrons. The van der Waals surface area contributed by atoms with E-state index in [1.165, 1.54) is 11.8 Å². The van der Waals surface area contributed by atoms with Crippen molar-refractivity contribution in [2.24, 2.45) is 0 Å². The summed E-state index contributed by atoms with van der Waals surface area (Å²) in [7, 11) is 3.39. The van der Waals surface area contributed by atoms with Crippen LogP contribution in [-0.4, -0.2) is 55.1 Å². The van der Waals surface area contributed by atoms with E-state index in [0.29, 0.717) is 13.1 Å². The van der Waals surface area contributed by atoms with Gasteiger partial charge in [0.05, 0.1) is 13.1 Å². The molecule has 5 heteroatoms. The summed E-state index contributed by atoms with van der Waals surface area (Å²) in [5.74, 6) is -0.290. The van der Waals surface area contributed by atoms with E-state index in [-0.39, 0.29) is 18.1 Å². The van der Waals surface area contributed by atoms with Crippen LogP contribution in [0.1, 0.15) is 6.92 Å². The maximum Gasteiger partial charge on any atom is 0.319 e. The highest BCUT2D eigenvalue weighted by Crippen LogP contribution is 2.13. The number of nitrogens with zero attached hydrogens (tertiary/aromatic N) is 2. The van der Waals surface area contributed by atoms with Gasteiger partial charge < -0.3 is 14.5 Å². The molecule has 1 aliphatic heterocycles. The van der Waals surface area contributed by atoms with Crippen molar-refractivity contribution < 1.29 is 14.3 Å². The molecule has 2 amide bonds. The summed E-state index contributed by atoms with van der Waals surface area (Å²) in [4.78, 5) is 24.9. The molecule has 0 aromatic rings. The molecule has 13 heavy (non-hydrogen) atoms. The van der Waals surface area contributed by atoms with Gasteiger partial charge in [0.15, 0.2) is 0 Å². The first-order valence-corrected chi connectivity index (χ1v) is 4.14. The van der Waals surface area contributed by atoms with Crippen LogP contribution in [0.25, 0.3) is 0 Å². The van der Waals surface area contributed by atoms with Crippen molar-refractivity contribution in [1.82, 2.24) is 9.80 Å². The number of urea groups is 1. The molecule has 0 bridgehead atoms. The van der Waals surface area contributed by atoms with Crippen molar-refractivity contribution in [3.8, 4) is 0 Å². The first kappa shape index (κ1) is 9.83. The van der Waals surface area contributed by atoms with E-state index in [4.69, 9.17) is 4.74 Å². The van der Waals surface area contributed by atoms with E-state index in [1.54, 1.807) is 19.0 Å². The van der Waals surface area contributed by atoms with Crippen molar-refractivity contribution in [2.75, 3.05) is 27.2 Å². The molecule has 0 aromatic carbocycles. The Balaban J connectivity index is 2.25. The van der Waals surface area contributed by atoms with Crippen LogP contribution >= 0.6 is 0 Å². The lowest BCUT2D eigenvalue weighted by molar-refractivity contribution is -0.152. The normalized spacial score (nSPS) is 16.4. The first-order valence-electron chi connectivity index (χ1n) is 4.14. The number of likely N-dealkylation sites (tertiary alicyclic amines) is 1. The Kier molecular flexibility index (Phi) is 2.75. The van der Waals surface area contributed by atoms with Gasteiger partial charge in [-0.1, -0.05) is 0 Å². The smallest absolute Gasteiger partial charge is 0.319 e. The Morgan fingerprint density at radius 2 is 1.92 bits per heavy atom. The zero-order valence-electron chi connectivity index (χ0n) is 8.11. The van der Waals surface area contributed by atoms with Crippen LogP contribution in [0.15, 0.2) is 0 Å². The Labute approximate surface area is 77.2 Å². The monoisotopic (exact) mass is 186 g/mol. The molecule has 0 aliphatic carbocycles. The summed E-state index contributed by atoms with van der Waals surface area (Å²) in [5.41, 5.74) is 0. The predicted octanol–water partition coefficient (Wildman–Crippen LogP) is -0.0847. The van der Waals surface area contributed by atoms with Crippen LogP contribution < -0.4 is 0 Å². The predicted molar refractivity (Wildman–Crippen MR) is 46.2 cm³/mol. The van der Waals surface area contributed by atoms with Crippen molar-refractivity contribution in [2.45, 2.75) is 13.0 Å². The van der Waals surface area contributed by atoms with Crippen LogP contribution in [-0.2, 0) is 9.53 Å². The van der Waals surface area contributed by atoms with E-state index in [2.05, 4.69) is 0 Å². The molecule has 1 aliphatic rings. The van der Waals surface area contributed by atoms with Gasteiger partial charge in [0.25, 0.3) is 0 Å². The number of hydrogen-bond acceptors (Lipinski definition) is 3. The molecule has 0 aromatic heterocycles. The SMILES string of the molecule is CC(=O)OC1CN(C(=O)N(C)C)C1. The molecule has 0 radical (unpaired) electrons. The summed E-state index contributed by atoms with van der Waals surface area (Å²) >= 11 is 0. The Hall–Kier alpha value is -1.26. The van der Waals surface area contributed by atoms with E-state index in [9.17, 15) is 9.59 Å². The fourth-order valence-corrected chi connectivity index (χ4v) is 1.19. The number of rotatable bonds is 1. The van der Waals surface area contributed by atoms with Gasteiger partial charge in [-0.05, 0) is 0 Å². The average Bonchev–Trinajstić information content (AvgIpc) is 1.94. The highest BCUT2D eigenvalue weighted by atomic mass is 16.5. The molecule has 1 rings (SSSR count). The first-order chi connectivity index (χ1) is 6.00. The molecule has 5 nitrogen and oxygen atoms in total. The van der Waals surface area contributed by atoms with Gasteiger partial charge in [0.2, 0.25) is 0 Å². The van der Waals surface area contributed by atoms with Crippen molar-refractivity contribution in [3.05, 3.63) is 0 Å². The third-order valence-electron chi connectivity index (χ3n) is 1.83. The maximum absolute atomic E-state index is 11.3. The number of hydrogen-bond donors (Lipinski definition) is 0. The van der Waals surface area contributed by atoms with E-state index >= 15 is 0 Å². The van der Waals surface area contributed by atoms with Gasteiger partial charge in [0, 0.05) is 21.0 Å². The third-order valence-corrected chi connectivity index (χ3v) is 1.83. The lowest BCUT2D eigenvalue weighted by Gasteiger charge is -2.39. The fraction of sp³-hybridized carbons (Fsp3) is 0.750. The molecule has 0 saturated carbocycles. The second-order valence-electron chi connectivity index (χ2n) is 3.31. The Morgan fingerprint density at radius 3 is 2.31 bits per heavy atom. The summed E-state index contributed by atoms with van der Waals surface area (Å²) < 4.78 is 4.89. The summed E-state index contributed by atoms with van der Waals surface area (Å²) in [6.07, 6.45) is -0.110. The molecule has 0 N–H and O–H groups in total. The Bertz CT molecular complexity index is 221. The van der Waals surface area contributed by atoms with Gasteiger partial charge in [-0.3, -0.25) is 4.79 Å².